The van der Waals surface area contributed by atoms with Crippen LogP contribution in [0.25, 0.3) is 6.08 Å². The van der Waals surface area contributed by atoms with Crippen molar-refractivity contribution in [2.75, 3.05) is 6.54 Å². The standard InChI is InChI=1S/C25H19Cl3N2O4S2/c26-25(27,28)23(29-21(31)19-7-4-14-33-19)34-18-10-8-17(9-11-18)15-20-22(32)30(24(35)36-20)13-12-16-5-2-1-3-6-16/h1-11,14-15,23H,12-13H2,(H,29,31)/b20-15-/t23-/m1/s1. The van der Waals surface area contributed by atoms with Crippen LogP contribution in [0.3, 0.4) is 0 Å². The average Bonchev–Trinajstić information content (AvgIpc) is 3.47. The number of thiocarbonyl (C=S) groups is 1. The van der Waals surface area contributed by atoms with Gasteiger partial charge in [0.05, 0.1) is 11.2 Å². The molecule has 2 aromatic carbocycles. The smallest absolute Gasteiger partial charge is 0.289 e. The van der Waals surface area contributed by atoms with E-state index in [-0.39, 0.29) is 11.7 Å². The predicted molar refractivity (Wildman–Crippen MR) is 147 cm³/mol. The summed E-state index contributed by atoms with van der Waals surface area (Å²) >= 11 is 24.7. The molecule has 186 valence electrons. The van der Waals surface area contributed by atoms with Gasteiger partial charge >= 0.3 is 0 Å². The van der Waals surface area contributed by atoms with E-state index in [9.17, 15) is 9.59 Å². The van der Waals surface area contributed by atoms with Crippen LogP contribution >= 0.6 is 58.8 Å². The van der Waals surface area contributed by atoms with Crippen molar-refractivity contribution in [3.63, 3.8) is 0 Å². The molecule has 1 aromatic heterocycles. The number of hydrogen-bond acceptors (Lipinski definition) is 6. The van der Waals surface area contributed by atoms with Crippen molar-refractivity contribution in [3.8, 4) is 5.75 Å². The van der Waals surface area contributed by atoms with E-state index in [1.807, 2.05) is 30.3 Å². The Labute approximate surface area is 232 Å². The van der Waals surface area contributed by atoms with Gasteiger partial charge in [0, 0.05) is 6.54 Å². The van der Waals surface area contributed by atoms with Crippen LogP contribution in [0.1, 0.15) is 21.7 Å². The number of carbonyl (C=O) groups excluding carboxylic acids is 2. The number of hydrogen-bond donors (Lipinski definition) is 1. The normalized spacial score (nSPS) is 15.9. The Morgan fingerprint density at radius 3 is 2.47 bits per heavy atom. The van der Waals surface area contributed by atoms with E-state index in [4.69, 9.17) is 56.2 Å². The van der Waals surface area contributed by atoms with Crippen molar-refractivity contribution in [1.82, 2.24) is 10.2 Å². The van der Waals surface area contributed by atoms with E-state index in [0.29, 0.717) is 27.9 Å². The molecule has 1 fully saturated rings. The third kappa shape index (κ3) is 6.83. The number of benzene rings is 2. The molecule has 2 heterocycles. The summed E-state index contributed by atoms with van der Waals surface area (Å²) in [5.74, 6) is -0.326. The highest BCUT2D eigenvalue weighted by Gasteiger charge is 2.37. The number of amides is 2. The van der Waals surface area contributed by atoms with E-state index >= 15 is 0 Å². The highest BCUT2D eigenvalue weighted by atomic mass is 35.6. The monoisotopic (exact) mass is 580 g/mol. The Balaban J connectivity index is 1.40. The van der Waals surface area contributed by atoms with Crippen molar-refractivity contribution < 1.29 is 18.7 Å². The topological polar surface area (TPSA) is 71.8 Å². The van der Waals surface area contributed by atoms with Crippen molar-refractivity contribution in [2.24, 2.45) is 0 Å². The summed E-state index contributed by atoms with van der Waals surface area (Å²) < 4.78 is 9.34. The van der Waals surface area contributed by atoms with E-state index < -0.39 is 15.9 Å². The lowest BCUT2D eigenvalue weighted by atomic mass is 10.1. The van der Waals surface area contributed by atoms with Crippen LogP contribution in [0.4, 0.5) is 0 Å². The van der Waals surface area contributed by atoms with Crippen LogP contribution in [-0.2, 0) is 11.2 Å². The van der Waals surface area contributed by atoms with Gasteiger partial charge in [0.25, 0.3) is 11.8 Å². The number of carbonyl (C=O) groups is 2. The summed E-state index contributed by atoms with van der Waals surface area (Å²) in [6.45, 7) is 0.515. The summed E-state index contributed by atoms with van der Waals surface area (Å²) in [7, 11) is 0. The van der Waals surface area contributed by atoms with Crippen LogP contribution in [0, 0.1) is 0 Å². The molecule has 6 nitrogen and oxygen atoms in total. The van der Waals surface area contributed by atoms with Gasteiger partial charge in [0.2, 0.25) is 10.0 Å². The Morgan fingerprint density at radius 1 is 1.11 bits per heavy atom. The van der Waals surface area contributed by atoms with Gasteiger partial charge in [-0.05, 0) is 47.9 Å². The molecule has 4 rings (SSSR count). The number of alkyl halides is 3. The molecule has 3 aromatic rings. The molecule has 0 bridgehead atoms. The van der Waals surface area contributed by atoms with Gasteiger partial charge in [0.15, 0.2) is 5.76 Å². The van der Waals surface area contributed by atoms with Crippen molar-refractivity contribution in [2.45, 2.75) is 16.4 Å². The molecule has 0 unspecified atom stereocenters. The number of halogens is 3. The largest absolute Gasteiger partial charge is 0.466 e. The Morgan fingerprint density at radius 2 is 1.83 bits per heavy atom. The molecule has 36 heavy (non-hydrogen) atoms. The average molecular weight is 582 g/mol. The summed E-state index contributed by atoms with van der Waals surface area (Å²) in [6, 6.07) is 19.8. The zero-order chi connectivity index (χ0) is 25.7. The summed E-state index contributed by atoms with van der Waals surface area (Å²) in [6.07, 6.45) is 2.55. The molecule has 1 atom stereocenters. The fraction of sp³-hybridized carbons (Fsp3) is 0.160. The van der Waals surface area contributed by atoms with Crippen LogP contribution < -0.4 is 10.1 Å². The molecule has 0 aliphatic carbocycles. The molecule has 0 spiro atoms. The SMILES string of the molecule is O=C(N[C@H](Oc1ccc(/C=C2\SC(=S)N(CCc3ccccc3)C2=O)cc1)C(Cl)(Cl)Cl)c1ccco1. The minimum atomic E-state index is -1.95. The van der Waals surface area contributed by atoms with Gasteiger partial charge in [-0.3, -0.25) is 14.5 Å². The maximum Gasteiger partial charge on any atom is 0.289 e. The Hall–Kier alpha value is -2.49. The lowest BCUT2D eigenvalue weighted by Crippen LogP contribution is -2.47. The van der Waals surface area contributed by atoms with Crippen molar-refractivity contribution in [1.29, 1.82) is 0 Å². The van der Waals surface area contributed by atoms with Gasteiger partial charge in [-0.15, -0.1) is 0 Å². The molecular formula is C25H19Cl3N2O4S2. The maximum atomic E-state index is 12.9. The van der Waals surface area contributed by atoms with E-state index in [1.54, 1.807) is 41.3 Å². The molecule has 0 radical (unpaired) electrons. The molecule has 1 aliphatic rings. The Kier molecular flexibility index (Phi) is 8.64. The van der Waals surface area contributed by atoms with Gasteiger partial charge in [0.1, 0.15) is 10.1 Å². The van der Waals surface area contributed by atoms with Crippen molar-refractivity contribution >= 4 is 81.0 Å². The third-order valence-electron chi connectivity index (χ3n) is 5.08. The number of nitrogens with one attached hydrogen (secondary N) is 1. The Bertz CT molecular complexity index is 1260. The predicted octanol–water partition coefficient (Wildman–Crippen LogP) is 6.23. The van der Waals surface area contributed by atoms with Crippen LogP contribution in [-0.4, -0.2) is 37.6 Å². The second-order valence-electron chi connectivity index (χ2n) is 7.63. The highest BCUT2D eigenvalue weighted by molar-refractivity contribution is 8.26. The fourth-order valence-electron chi connectivity index (χ4n) is 3.28. The van der Waals surface area contributed by atoms with Gasteiger partial charge in [-0.25, -0.2) is 0 Å². The van der Waals surface area contributed by atoms with E-state index in [2.05, 4.69) is 5.32 Å². The third-order valence-corrected chi connectivity index (χ3v) is 7.05. The first-order chi connectivity index (χ1) is 17.2. The summed E-state index contributed by atoms with van der Waals surface area (Å²) in [5, 5.41) is 2.49. The second kappa shape index (κ2) is 11.7. The van der Waals surface area contributed by atoms with Gasteiger partial charge in [-0.1, -0.05) is 101 Å². The number of thioether (sulfide) groups is 1. The lowest BCUT2D eigenvalue weighted by Gasteiger charge is -2.26. The van der Waals surface area contributed by atoms with Gasteiger partial charge < -0.3 is 14.5 Å². The molecular weight excluding hydrogens is 563 g/mol. The zero-order valence-corrected chi connectivity index (χ0v) is 22.4. The molecule has 0 saturated carbocycles. The number of ether oxygens (including phenoxy) is 1. The fourth-order valence-corrected chi connectivity index (χ4v) is 4.89. The minimum absolute atomic E-state index is 0.0503. The lowest BCUT2D eigenvalue weighted by molar-refractivity contribution is -0.122. The van der Waals surface area contributed by atoms with E-state index in [1.165, 1.54) is 24.1 Å². The molecule has 2 amide bonds. The first-order valence-corrected chi connectivity index (χ1v) is 13.0. The first-order valence-electron chi connectivity index (χ1n) is 10.7. The molecule has 11 heteroatoms. The van der Waals surface area contributed by atoms with E-state index in [0.717, 1.165) is 11.1 Å². The van der Waals surface area contributed by atoms with Crippen LogP contribution in [0.15, 0.2) is 82.3 Å². The number of rotatable bonds is 8. The number of furan rings is 1. The number of nitrogens with zero attached hydrogens (tertiary/aromatic N) is 1. The summed E-state index contributed by atoms with van der Waals surface area (Å²) in [4.78, 5) is 27.3. The quantitative estimate of drug-likeness (QED) is 0.147. The molecule has 1 aliphatic heterocycles. The first kappa shape index (κ1) is 26.6. The van der Waals surface area contributed by atoms with Crippen LogP contribution in [0.2, 0.25) is 0 Å². The molecule has 1 N–H and O–H groups in total. The minimum Gasteiger partial charge on any atom is -0.466 e. The molecule has 1 saturated heterocycles. The summed E-state index contributed by atoms with van der Waals surface area (Å²) in [5.41, 5.74) is 1.90. The second-order valence-corrected chi connectivity index (χ2v) is 11.7. The van der Waals surface area contributed by atoms with Crippen LogP contribution in [0.5, 0.6) is 5.75 Å². The highest BCUT2D eigenvalue weighted by Crippen LogP contribution is 2.34. The van der Waals surface area contributed by atoms with Crippen molar-refractivity contribution in [3.05, 3.63) is 94.8 Å². The van der Waals surface area contributed by atoms with Gasteiger partial charge in [-0.2, -0.15) is 0 Å². The maximum absolute atomic E-state index is 12.9. The zero-order valence-electron chi connectivity index (χ0n) is 18.5.